The largest absolute Gasteiger partial charge is 0.748 e. The highest BCUT2D eigenvalue weighted by Crippen LogP contribution is 2.42. The number of allylic oxidation sites excluding steroid dienone is 2. The summed E-state index contributed by atoms with van der Waals surface area (Å²) in [4.78, 5) is 1.92. The van der Waals surface area contributed by atoms with E-state index in [1.54, 1.807) is 10.6 Å². The number of halogens is 2. The van der Waals surface area contributed by atoms with Crippen molar-refractivity contribution < 1.29 is 39.6 Å². The Morgan fingerprint density at radius 1 is 1.17 bits per heavy atom. The van der Waals surface area contributed by atoms with Crippen LogP contribution in [-0.4, -0.2) is 40.6 Å². The van der Waals surface area contributed by atoms with E-state index in [0.29, 0.717) is 58.1 Å². The molecule has 1 atom stereocenters. The molecule has 41 heavy (non-hydrogen) atoms. The van der Waals surface area contributed by atoms with Gasteiger partial charge in [-0.1, -0.05) is 30.1 Å². The lowest BCUT2D eigenvalue weighted by atomic mass is 10.1. The smallest absolute Gasteiger partial charge is 0.374 e. The highest BCUT2D eigenvalue weighted by atomic mass is 35.5. The Labute approximate surface area is 251 Å². The summed E-state index contributed by atoms with van der Waals surface area (Å²) in [6, 6.07) is 7.24. The van der Waals surface area contributed by atoms with E-state index >= 15 is 0 Å². The second kappa shape index (κ2) is 13.2. The van der Waals surface area contributed by atoms with Gasteiger partial charge in [0.25, 0.3) is 5.52 Å². The number of hydrogen-bond acceptors (Lipinski definition) is 8. The molecule has 0 saturated heterocycles. The van der Waals surface area contributed by atoms with Crippen LogP contribution in [0.3, 0.4) is 0 Å². The lowest BCUT2D eigenvalue weighted by Gasteiger charge is -2.18. The number of hydrogen-bond donors (Lipinski definition) is 1. The Hall–Kier alpha value is -2.45. The standard InChI is InChI=1S/C27H30Cl2N2O8S2/c1-4-19(13-26-30(7-5-9-37-40(32)33)22-15-20(28)17(2)11-24(22)38-26)14-27-31(8-6-10-41(34,35)36)23-16-21(29)18(3)12-25(23)39-27/h11-16H,4-10H2,1-3H3,(H-,32,33,34,35,36). The van der Waals surface area contributed by atoms with Crippen LogP contribution in [0.2, 0.25) is 10.0 Å². The van der Waals surface area contributed by atoms with Crippen molar-refractivity contribution in [1.82, 2.24) is 0 Å². The third kappa shape index (κ3) is 7.89. The molecule has 0 spiro atoms. The van der Waals surface area contributed by atoms with Gasteiger partial charge in [-0.3, -0.25) is 8.74 Å². The number of rotatable bonds is 12. The fourth-order valence-corrected chi connectivity index (χ4v) is 5.50. The molecular weight excluding hydrogens is 615 g/mol. The summed E-state index contributed by atoms with van der Waals surface area (Å²) >= 11 is 10.4. The first-order chi connectivity index (χ1) is 19.4. The van der Waals surface area contributed by atoms with Crippen LogP contribution in [0.15, 0.2) is 46.2 Å². The van der Waals surface area contributed by atoms with Gasteiger partial charge in [0.2, 0.25) is 11.5 Å². The van der Waals surface area contributed by atoms with Gasteiger partial charge in [-0.05, 0) is 61.6 Å². The number of benzene rings is 2. The van der Waals surface area contributed by atoms with Crippen molar-refractivity contribution in [2.75, 3.05) is 23.8 Å². The zero-order valence-electron chi connectivity index (χ0n) is 22.7. The zero-order valence-corrected chi connectivity index (χ0v) is 25.8. The molecule has 1 unspecified atom stereocenters. The first-order valence-electron chi connectivity index (χ1n) is 12.8. The predicted octanol–water partition coefficient (Wildman–Crippen LogP) is 5.66. The Bertz CT molecular complexity index is 1650. The van der Waals surface area contributed by atoms with E-state index in [0.717, 1.165) is 22.4 Å². The highest BCUT2D eigenvalue weighted by Gasteiger charge is 2.28. The molecule has 1 aliphatic rings. The van der Waals surface area contributed by atoms with Crippen molar-refractivity contribution >= 4 is 67.5 Å². The number of nitrogens with zero attached hydrogens (tertiary/aromatic N) is 2. The Balaban J connectivity index is 1.72. The van der Waals surface area contributed by atoms with Crippen molar-refractivity contribution in [3.8, 4) is 5.75 Å². The molecule has 0 amide bonds. The number of aryl methyl sites for hydroxylation is 3. The quantitative estimate of drug-likeness (QED) is 0.115. The maximum absolute atomic E-state index is 11.2. The van der Waals surface area contributed by atoms with E-state index in [2.05, 4.69) is 0 Å². The predicted molar refractivity (Wildman–Crippen MR) is 157 cm³/mol. The molecule has 222 valence electrons. The van der Waals surface area contributed by atoms with Crippen molar-refractivity contribution in [1.29, 1.82) is 0 Å². The minimum absolute atomic E-state index is 0.0678. The molecule has 2 heterocycles. The molecule has 0 radical (unpaired) electrons. The van der Waals surface area contributed by atoms with Crippen molar-refractivity contribution in [2.45, 2.75) is 46.6 Å². The van der Waals surface area contributed by atoms with E-state index in [1.165, 1.54) is 0 Å². The first kappa shape index (κ1) is 31.5. The summed E-state index contributed by atoms with van der Waals surface area (Å²) in [7, 11) is -4.37. The van der Waals surface area contributed by atoms with Gasteiger partial charge >= 0.3 is 17.3 Å². The fraction of sp³-hybridized carbons (Fsp3) is 0.370. The van der Waals surface area contributed by atoms with Gasteiger partial charge < -0.3 is 18.6 Å². The topological polar surface area (TPSA) is 133 Å². The van der Waals surface area contributed by atoms with Crippen molar-refractivity contribution in [3.63, 3.8) is 0 Å². The van der Waals surface area contributed by atoms with Gasteiger partial charge in [0.15, 0.2) is 12.3 Å². The Morgan fingerprint density at radius 2 is 1.88 bits per heavy atom. The van der Waals surface area contributed by atoms with Crippen LogP contribution in [0.25, 0.3) is 17.2 Å². The van der Waals surface area contributed by atoms with Gasteiger partial charge in [0.05, 0.1) is 33.5 Å². The molecule has 3 aromatic rings. The molecule has 2 aromatic carbocycles. The molecule has 0 bridgehead atoms. The van der Waals surface area contributed by atoms with Gasteiger partial charge in [-0.15, -0.1) is 0 Å². The van der Waals surface area contributed by atoms with Gasteiger partial charge in [0, 0.05) is 35.9 Å². The molecule has 14 heteroatoms. The van der Waals surface area contributed by atoms with E-state index in [-0.39, 0.29) is 19.6 Å². The fourth-order valence-electron chi connectivity index (χ4n) is 4.44. The summed E-state index contributed by atoms with van der Waals surface area (Å²) in [5.41, 5.74) is 4.52. The maximum Gasteiger partial charge on any atom is 0.374 e. The molecule has 1 aromatic heterocycles. The highest BCUT2D eigenvalue weighted by molar-refractivity contribution is 7.85. The number of ether oxygens (including phenoxy) is 1. The van der Waals surface area contributed by atoms with E-state index in [1.807, 2.05) is 56.0 Å². The normalized spacial score (nSPS) is 15.5. The summed E-state index contributed by atoms with van der Waals surface area (Å²) < 4.78 is 72.5. The molecule has 0 aliphatic carbocycles. The molecule has 1 aliphatic heterocycles. The lowest BCUT2D eigenvalue weighted by Crippen LogP contribution is -2.36. The minimum Gasteiger partial charge on any atom is -0.748 e. The average molecular weight is 646 g/mol. The van der Waals surface area contributed by atoms with E-state index in [9.17, 15) is 17.2 Å². The Morgan fingerprint density at radius 3 is 2.56 bits per heavy atom. The summed E-state index contributed by atoms with van der Waals surface area (Å²) in [5, 5.41) is 1.11. The zero-order chi connectivity index (χ0) is 29.9. The van der Waals surface area contributed by atoms with Crippen molar-refractivity contribution in [3.05, 3.63) is 68.9 Å². The van der Waals surface area contributed by atoms with Crippen LogP contribution in [0, 0.1) is 13.8 Å². The first-order valence-corrected chi connectivity index (χ1v) is 16.2. The molecule has 10 nitrogen and oxygen atoms in total. The third-order valence-electron chi connectivity index (χ3n) is 6.54. The summed E-state index contributed by atoms with van der Waals surface area (Å²) in [5.74, 6) is 1.11. The summed E-state index contributed by atoms with van der Waals surface area (Å²) in [6.07, 6.45) is 4.84. The van der Waals surface area contributed by atoms with Crippen LogP contribution < -0.4 is 14.2 Å². The van der Waals surface area contributed by atoms with Crippen LogP contribution in [-0.2, 0) is 32.2 Å². The maximum atomic E-state index is 11.2. The van der Waals surface area contributed by atoms with Gasteiger partial charge in [-0.2, -0.15) is 8.78 Å². The number of fused-ring (bicyclic) bond motifs is 2. The molecule has 0 saturated carbocycles. The monoisotopic (exact) mass is 644 g/mol. The Kier molecular flexibility index (Phi) is 10.2. The van der Waals surface area contributed by atoms with Crippen LogP contribution in [0.1, 0.15) is 43.2 Å². The number of anilines is 1. The average Bonchev–Trinajstić information content (AvgIpc) is 3.37. The molecular formula is C27H30Cl2N2O8S2. The van der Waals surface area contributed by atoms with Gasteiger partial charge in [-0.25, -0.2) is 8.42 Å². The third-order valence-corrected chi connectivity index (χ3v) is 8.51. The van der Waals surface area contributed by atoms with E-state index < -0.39 is 27.2 Å². The van der Waals surface area contributed by atoms with Crippen LogP contribution in [0.4, 0.5) is 5.69 Å². The number of aromatic nitrogens is 1. The van der Waals surface area contributed by atoms with E-state index in [4.69, 9.17) is 41.1 Å². The van der Waals surface area contributed by atoms with Crippen LogP contribution in [0.5, 0.6) is 5.75 Å². The van der Waals surface area contributed by atoms with Crippen LogP contribution >= 0.6 is 23.2 Å². The molecule has 1 N–H and O–H groups in total. The molecule has 4 rings (SSSR count). The van der Waals surface area contributed by atoms with Crippen molar-refractivity contribution in [2.24, 2.45) is 0 Å². The number of oxazole rings is 1. The SMILES string of the molecule is CCC(=Cc1oc2cc(C)c(Cl)cc2[n+]1CCCS(=O)(=O)[O-])C=C1Oc2cc(C)c(Cl)cc2N1CCCOS(=O)O. The summed E-state index contributed by atoms with van der Waals surface area (Å²) in [6.45, 7) is 6.43. The molecule has 0 fully saturated rings. The second-order valence-electron chi connectivity index (χ2n) is 9.55. The second-order valence-corrected chi connectivity index (χ2v) is 12.6. The lowest BCUT2D eigenvalue weighted by molar-refractivity contribution is -0.677. The van der Waals surface area contributed by atoms with Gasteiger partial charge in [0.1, 0.15) is 0 Å². The minimum atomic E-state index is -4.37.